The highest BCUT2D eigenvalue weighted by Gasteiger charge is 2.51. The Bertz CT molecular complexity index is 750. The molecule has 0 unspecified atom stereocenters. The van der Waals surface area contributed by atoms with Crippen LogP contribution in [0.1, 0.15) is 35.4 Å². The van der Waals surface area contributed by atoms with Gasteiger partial charge >= 0.3 is 0 Å². The topological polar surface area (TPSA) is 68.2 Å². The van der Waals surface area contributed by atoms with Crippen molar-refractivity contribution in [3.8, 4) is 5.88 Å². The second-order valence-electron chi connectivity index (χ2n) is 7.14. The van der Waals surface area contributed by atoms with Gasteiger partial charge in [0.1, 0.15) is 5.69 Å². The normalized spacial score (nSPS) is 25.0. The highest BCUT2D eigenvalue weighted by Crippen LogP contribution is 2.49. The van der Waals surface area contributed by atoms with Gasteiger partial charge in [-0.1, -0.05) is 12.5 Å². The Labute approximate surface area is 147 Å². The number of ether oxygens (including phenoxy) is 1. The lowest BCUT2D eigenvalue weighted by Gasteiger charge is -2.28. The van der Waals surface area contributed by atoms with Crippen LogP contribution in [-0.2, 0) is 0 Å². The fraction of sp³-hybridized carbons (Fsp3) is 0.474. The summed E-state index contributed by atoms with van der Waals surface area (Å²) in [6.07, 6.45) is 8.39. The molecule has 0 aromatic carbocycles. The third-order valence-electron chi connectivity index (χ3n) is 5.47. The minimum atomic E-state index is -0.0286. The average Bonchev–Trinajstić information content (AvgIpc) is 3.18. The molecule has 6 nitrogen and oxygen atoms in total. The molecule has 2 atom stereocenters. The minimum Gasteiger partial charge on any atom is -0.477 e. The van der Waals surface area contributed by atoms with Crippen LogP contribution in [0.2, 0.25) is 0 Å². The summed E-state index contributed by atoms with van der Waals surface area (Å²) in [5.74, 6) is 1.11. The number of likely N-dealkylation sites (tertiary alicyclic amines) is 1. The van der Waals surface area contributed by atoms with Crippen molar-refractivity contribution in [1.82, 2.24) is 19.9 Å². The van der Waals surface area contributed by atoms with E-state index in [0.717, 1.165) is 31.6 Å². The molecule has 2 aromatic rings. The third kappa shape index (κ3) is 3.08. The minimum absolute atomic E-state index is 0.0286. The van der Waals surface area contributed by atoms with E-state index < -0.39 is 0 Å². The van der Waals surface area contributed by atoms with Crippen LogP contribution in [0.3, 0.4) is 0 Å². The van der Waals surface area contributed by atoms with E-state index in [2.05, 4.69) is 15.0 Å². The van der Waals surface area contributed by atoms with E-state index in [1.807, 2.05) is 30.0 Å². The molecule has 2 aromatic heterocycles. The number of carbonyl (C=O) groups is 1. The molecule has 3 heterocycles. The Morgan fingerprint density at radius 2 is 2.24 bits per heavy atom. The largest absolute Gasteiger partial charge is 0.477 e. The SMILES string of the molecule is Cc1cnc(C(=O)N2C[C@H]3CCC[C@@]3(COc3ccccn3)C2)cn1. The molecule has 2 fully saturated rings. The van der Waals surface area contributed by atoms with E-state index in [1.54, 1.807) is 18.6 Å². The zero-order valence-electron chi connectivity index (χ0n) is 14.4. The molecule has 1 aliphatic heterocycles. The van der Waals surface area contributed by atoms with E-state index in [-0.39, 0.29) is 11.3 Å². The Kier molecular flexibility index (Phi) is 4.11. The fourth-order valence-electron chi connectivity index (χ4n) is 4.12. The van der Waals surface area contributed by atoms with Crippen LogP contribution in [0.5, 0.6) is 5.88 Å². The first kappa shape index (κ1) is 16.0. The average molecular weight is 338 g/mol. The van der Waals surface area contributed by atoms with Crippen molar-refractivity contribution in [2.24, 2.45) is 11.3 Å². The van der Waals surface area contributed by atoms with Crippen LogP contribution in [0.25, 0.3) is 0 Å². The maximum atomic E-state index is 12.8. The first-order valence-corrected chi connectivity index (χ1v) is 8.78. The predicted octanol–water partition coefficient (Wildman–Crippen LogP) is 2.50. The maximum absolute atomic E-state index is 12.8. The Hall–Kier alpha value is -2.50. The lowest BCUT2D eigenvalue weighted by atomic mass is 9.81. The predicted molar refractivity (Wildman–Crippen MR) is 92.2 cm³/mol. The van der Waals surface area contributed by atoms with Crippen molar-refractivity contribution in [3.63, 3.8) is 0 Å². The molecule has 0 N–H and O–H groups in total. The van der Waals surface area contributed by atoms with Crippen molar-refractivity contribution < 1.29 is 9.53 Å². The summed E-state index contributed by atoms with van der Waals surface area (Å²) < 4.78 is 5.97. The summed E-state index contributed by atoms with van der Waals surface area (Å²) in [4.78, 5) is 27.4. The van der Waals surface area contributed by atoms with Gasteiger partial charge in [-0.3, -0.25) is 9.78 Å². The summed E-state index contributed by atoms with van der Waals surface area (Å²) in [5.41, 5.74) is 1.27. The number of aryl methyl sites for hydroxylation is 1. The van der Waals surface area contributed by atoms with Crippen LogP contribution < -0.4 is 4.74 Å². The van der Waals surface area contributed by atoms with E-state index in [0.29, 0.717) is 24.1 Å². The van der Waals surface area contributed by atoms with Crippen molar-refractivity contribution in [3.05, 3.63) is 48.2 Å². The van der Waals surface area contributed by atoms with Gasteiger partial charge in [-0.05, 0) is 31.7 Å². The molecule has 1 saturated carbocycles. The monoisotopic (exact) mass is 338 g/mol. The Balaban J connectivity index is 1.47. The van der Waals surface area contributed by atoms with Crippen molar-refractivity contribution >= 4 is 5.91 Å². The van der Waals surface area contributed by atoms with Gasteiger partial charge in [0.25, 0.3) is 5.91 Å². The number of hydrogen-bond acceptors (Lipinski definition) is 5. The van der Waals surface area contributed by atoms with Crippen molar-refractivity contribution in [1.29, 1.82) is 0 Å². The van der Waals surface area contributed by atoms with Gasteiger partial charge in [0, 0.05) is 37.0 Å². The maximum Gasteiger partial charge on any atom is 0.274 e. The lowest BCUT2D eigenvalue weighted by Crippen LogP contribution is -2.36. The Morgan fingerprint density at radius 3 is 3.00 bits per heavy atom. The molecule has 1 saturated heterocycles. The molecule has 2 aliphatic rings. The molecular formula is C19H22N4O2. The summed E-state index contributed by atoms with van der Waals surface area (Å²) in [6, 6.07) is 5.68. The summed E-state index contributed by atoms with van der Waals surface area (Å²) in [5, 5.41) is 0. The quantitative estimate of drug-likeness (QED) is 0.857. The Morgan fingerprint density at radius 1 is 1.32 bits per heavy atom. The highest BCUT2D eigenvalue weighted by atomic mass is 16.5. The molecule has 1 amide bonds. The van der Waals surface area contributed by atoms with Crippen LogP contribution in [0.4, 0.5) is 0 Å². The van der Waals surface area contributed by atoms with Crippen LogP contribution in [-0.4, -0.2) is 45.5 Å². The van der Waals surface area contributed by atoms with E-state index in [4.69, 9.17) is 4.74 Å². The van der Waals surface area contributed by atoms with Crippen LogP contribution in [0, 0.1) is 18.3 Å². The molecular weight excluding hydrogens is 316 g/mol. The first-order chi connectivity index (χ1) is 12.2. The van der Waals surface area contributed by atoms with Crippen LogP contribution in [0.15, 0.2) is 36.8 Å². The van der Waals surface area contributed by atoms with Gasteiger partial charge < -0.3 is 9.64 Å². The van der Waals surface area contributed by atoms with Gasteiger partial charge in [0.2, 0.25) is 5.88 Å². The van der Waals surface area contributed by atoms with E-state index in [9.17, 15) is 4.79 Å². The number of rotatable bonds is 4. The number of nitrogens with zero attached hydrogens (tertiary/aromatic N) is 4. The van der Waals surface area contributed by atoms with Gasteiger partial charge in [-0.25, -0.2) is 9.97 Å². The summed E-state index contributed by atoms with van der Waals surface area (Å²) >= 11 is 0. The zero-order valence-corrected chi connectivity index (χ0v) is 14.4. The molecule has 130 valence electrons. The zero-order chi connectivity index (χ0) is 17.3. The standard InChI is InChI=1S/C19H22N4O2/c1-14-9-22-16(10-21-14)18(24)23-11-15-5-4-7-19(15,12-23)13-25-17-6-2-3-8-20-17/h2-3,6,8-10,15H,4-5,7,11-13H2,1H3/t15-,19+/m1/s1. The van der Waals surface area contributed by atoms with E-state index in [1.165, 1.54) is 6.42 Å². The van der Waals surface area contributed by atoms with Gasteiger partial charge in [0.05, 0.1) is 18.5 Å². The third-order valence-corrected chi connectivity index (χ3v) is 5.47. The van der Waals surface area contributed by atoms with Crippen molar-refractivity contribution in [2.75, 3.05) is 19.7 Å². The number of aromatic nitrogens is 3. The van der Waals surface area contributed by atoms with Gasteiger partial charge in [0.15, 0.2) is 0 Å². The number of hydrogen-bond donors (Lipinski definition) is 0. The van der Waals surface area contributed by atoms with Crippen LogP contribution >= 0.6 is 0 Å². The van der Waals surface area contributed by atoms with Gasteiger partial charge in [-0.15, -0.1) is 0 Å². The number of fused-ring (bicyclic) bond motifs is 1. The number of amides is 1. The summed E-state index contributed by atoms with van der Waals surface area (Å²) in [6.45, 7) is 3.97. The fourth-order valence-corrected chi connectivity index (χ4v) is 4.12. The summed E-state index contributed by atoms with van der Waals surface area (Å²) in [7, 11) is 0. The van der Waals surface area contributed by atoms with Gasteiger partial charge in [-0.2, -0.15) is 0 Å². The van der Waals surface area contributed by atoms with E-state index >= 15 is 0 Å². The van der Waals surface area contributed by atoms with Crippen molar-refractivity contribution in [2.45, 2.75) is 26.2 Å². The highest BCUT2D eigenvalue weighted by molar-refractivity contribution is 5.92. The molecule has 4 rings (SSSR count). The second kappa shape index (κ2) is 6.43. The molecule has 25 heavy (non-hydrogen) atoms. The molecule has 6 heteroatoms. The molecule has 0 radical (unpaired) electrons. The smallest absolute Gasteiger partial charge is 0.274 e. The molecule has 1 aliphatic carbocycles. The number of pyridine rings is 1. The second-order valence-corrected chi connectivity index (χ2v) is 7.14. The number of carbonyl (C=O) groups excluding carboxylic acids is 1. The molecule has 0 spiro atoms. The lowest BCUT2D eigenvalue weighted by molar-refractivity contribution is 0.0738. The molecule has 0 bridgehead atoms. The first-order valence-electron chi connectivity index (χ1n) is 8.78.